The van der Waals surface area contributed by atoms with Gasteiger partial charge in [-0.05, 0) is 63.2 Å². The topological polar surface area (TPSA) is 18.5 Å². The van der Waals surface area contributed by atoms with Gasteiger partial charge in [-0.25, -0.2) is 0 Å². The van der Waals surface area contributed by atoms with Crippen molar-refractivity contribution < 1.29 is 9.05 Å². The maximum Gasteiger partial charge on any atom is 0.0509 e. The summed E-state index contributed by atoms with van der Waals surface area (Å²) in [6, 6.07) is 0. The van der Waals surface area contributed by atoms with Crippen molar-refractivity contribution in [2.24, 2.45) is 0 Å². The van der Waals surface area contributed by atoms with Crippen LogP contribution < -0.4 is 0 Å². The van der Waals surface area contributed by atoms with Crippen LogP contribution >= 0.6 is 16.3 Å². The van der Waals surface area contributed by atoms with Gasteiger partial charge in [-0.2, -0.15) is 0 Å². The number of hydrogen-bond acceptors (Lipinski definition) is 2. The van der Waals surface area contributed by atoms with Gasteiger partial charge in [0.2, 0.25) is 0 Å². The van der Waals surface area contributed by atoms with Gasteiger partial charge in [-0.15, -0.1) is 0 Å². The summed E-state index contributed by atoms with van der Waals surface area (Å²) in [7, 11) is -0.317. The largest absolute Gasteiger partial charge is 0.359 e. The van der Waals surface area contributed by atoms with Gasteiger partial charge in [-0.1, -0.05) is 53.4 Å². The molecule has 0 bridgehead atoms. The van der Waals surface area contributed by atoms with Crippen molar-refractivity contribution in [2.75, 3.05) is 37.9 Å². The fraction of sp³-hybridized carbons (Fsp3) is 1.00. The van der Waals surface area contributed by atoms with Crippen LogP contribution in [0.5, 0.6) is 0 Å². The standard InChI is InChI=1S/C20H44O2P2/c1-5-9-17-23(18-10-6-2)21-15-13-14-16-22-24(19-11-7-3)20-12-8-4/h5-20H2,1-4H3. The van der Waals surface area contributed by atoms with E-state index >= 15 is 0 Å². The second kappa shape index (κ2) is 20.1. The minimum atomic E-state index is -0.159. The lowest BCUT2D eigenvalue weighted by Gasteiger charge is -2.19. The molecule has 0 fully saturated rings. The molecule has 24 heavy (non-hydrogen) atoms. The van der Waals surface area contributed by atoms with Gasteiger partial charge >= 0.3 is 0 Å². The molecule has 0 heterocycles. The maximum absolute atomic E-state index is 6.20. The van der Waals surface area contributed by atoms with E-state index in [1.165, 1.54) is 88.9 Å². The van der Waals surface area contributed by atoms with Crippen molar-refractivity contribution in [3.05, 3.63) is 0 Å². The molecular weight excluding hydrogens is 334 g/mol. The van der Waals surface area contributed by atoms with E-state index in [0.29, 0.717) is 0 Å². The maximum atomic E-state index is 6.20. The van der Waals surface area contributed by atoms with Gasteiger partial charge in [0.05, 0.1) is 13.2 Å². The molecule has 0 saturated heterocycles. The van der Waals surface area contributed by atoms with Gasteiger partial charge in [0.25, 0.3) is 0 Å². The Kier molecular flexibility index (Phi) is 20.7. The molecule has 0 aromatic heterocycles. The number of hydrogen-bond donors (Lipinski definition) is 0. The Morgan fingerprint density at radius 3 is 1.00 bits per heavy atom. The number of unbranched alkanes of at least 4 members (excludes halogenated alkanes) is 5. The molecule has 0 unspecified atom stereocenters. The number of rotatable bonds is 19. The Labute approximate surface area is 155 Å². The molecule has 0 spiro atoms. The van der Waals surface area contributed by atoms with Crippen LogP contribution in [0.3, 0.4) is 0 Å². The van der Waals surface area contributed by atoms with Crippen LogP contribution in [0.25, 0.3) is 0 Å². The van der Waals surface area contributed by atoms with Crippen LogP contribution in [0.1, 0.15) is 91.9 Å². The molecule has 0 rings (SSSR count). The summed E-state index contributed by atoms with van der Waals surface area (Å²) in [5.41, 5.74) is 0. The van der Waals surface area contributed by atoms with Crippen LogP contribution in [0.15, 0.2) is 0 Å². The van der Waals surface area contributed by atoms with Crippen LogP contribution in [-0.2, 0) is 9.05 Å². The summed E-state index contributed by atoms with van der Waals surface area (Å²) in [5, 5.41) is 0. The van der Waals surface area contributed by atoms with Crippen molar-refractivity contribution in [3.63, 3.8) is 0 Å². The molecule has 0 aliphatic heterocycles. The first-order valence-electron chi connectivity index (χ1n) is 10.5. The molecule has 0 atom stereocenters. The third-order valence-corrected chi connectivity index (χ3v) is 8.49. The lowest BCUT2D eigenvalue weighted by molar-refractivity contribution is 0.293. The summed E-state index contributed by atoms with van der Waals surface area (Å²) in [4.78, 5) is 0. The first-order chi connectivity index (χ1) is 11.8. The summed E-state index contributed by atoms with van der Waals surface area (Å²) in [6.45, 7) is 11.0. The monoisotopic (exact) mass is 378 g/mol. The van der Waals surface area contributed by atoms with Crippen molar-refractivity contribution in [2.45, 2.75) is 91.9 Å². The van der Waals surface area contributed by atoms with Crippen LogP contribution in [0, 0.1) is 0 Å². The van der Waals surface area contributed by atoms with E-state index in [1.54, 1.807) is 0 Å². The van der Waals surface area contributed by atoms with Crippen molar-refractivity contribution in [1.29, 1.82) is 0 Å². The molecule has 0 aromatic rings. The van der Waals surface area contributed by atoms with E-state index in [1.807, 2.05) is 0 Å². The van der Waals surface area contributed by atoms with Gasteiger partial charge in [0.1, 0.15) is 0 Å². The van der Waals surface area contributed by atoms with Crippen LogP contribution in [0.2, 0.25) is 0 Å². The molecule has 0 aliphatic carbocycles. The lowest BCUT2D eigenvalue weighted by atomic mass is 10.3. The first-order valence-corrected chi connectivity index (χ1v) is 13.8. The average molecular weight is 379 g/mol. The predicted molar refractivity (Wildman–Crippen MR) is 114 cm³/mol. The van der Waals surface area contributed by atoms with E-state index < -0.39 is 0 Å². The lowest BCUT2D eigenvalue weighted by Crippen LogP contribution is -2.01. The molecule has 0 aliphatic rings. The minimum absolute atomic E-state index is 0.159. The van der Waals surface area contributed by atoms with Crippen molar-refractivity contribution in [3.8, 4) is 0 Å². The van der Waals surface area contributed by atoms with Gasteiger partial charge < -0.3 is 9.05 Å². The van der Waals surface area contributed by atoms with Crippen LogP contribution in [0.4, 0.5) is 0 Å². The highest BCUT2D eigenvalue weighted by Crippen LogP contribution is 2.40. The average Bonchev–Trinajstić information content (AvgIpc) is 2.61. The zero-order chi connectivity index (χ0) is 17.9. The van der Waals surface area contributed by atoms with E-state index in [4.69, 9.17) is 9.05 Å². The third-order valence-electron chi connectivity index (χ3n) is 4.13. The third kappa shape index (κ3) is 16.3. The normalized spacial score (nSPS) is 11.8. The van der Waals surface area contributed by atoms with Crippen molar-refractivity contribution >= 4 is 16.3 Å². The minimum Gasteiger partial charge on any atom is -0.359 e. The Balaban J connectivity index is 3.74. The molecule has 0 N–H and O–H groups in total. The van der Waals surface area contributed by atoms with E-state index in [0.717, 1.165) is 13.2 Å². The Bertz CT molecular complexity index is 200. The second-order valence-electron chi connectivity index (χ2n) is 6.65. The zero-order valence-corrected chi connectivity index (χ0v) is 18.8. The molecule has 0 aromatic carbocycles. The fourth-order valence-electron chi connectivity index (χ4n) is 2.41. The van der Waals surface area contributed by atoms with Gasteiger partial charge in [0.15, 0.2) is 0 Å². The molecule has 146 valence electrons. The Morgan fingerprint density at radius 1 is 0.458 bits per heavy atom. The van der Waals surface area contributed by atoms with E-state index in [-0.39, 0.29) is 16.3 Å². The summed E-state index contributed by atoms with van der Waals surface area (Å²) in [5.74, 6) is 0. The molecule has 0 saturated carbocycles. The van der Waals surface area contributed by atoms with E-state index in [2.05, 4.69) is 27.7 Å². The van der Waals surface area contributed by atoms with Crippen LogP contribution in [-0.4, -0.2) is 37.9 Å². The van der Waals surface area contributed by atoms with Gasteiger partial charge in [-0.3, -0.25) is 0 Å². The molecule has 0 radical (unpaired) electrons. The smallest absolute Gasteiger partial charge is 0.0509 e. The highest BCUT2D eigenvalue weighted by atomic mass is 31.1. The van der Waals surface area contributed by atoms with Gasteiger partial charge in [0, 0.05) is 16.3 Å². The molecule has 4 heteroatoms. The van der Waals surface area contributed by atoms with Crippen molar-refractivity contribution in [1.82, 2.24) is 0 Å². The quantitative estimate of drug-likeness (QED) is 0.169. The Morgan fingerprint density at radius 2 is 0.750 bits per heavy atom. The Hall–Kier alpha value is 0.780. The SMILES string of the molecule is CCCCP(CCCC)OCCCCOP(CCCC)CCCC. The predicted octanol–water partition coefficient (Wildman–Crippen LogP) is 7.79. The highest BCUT2D eigenvalue weighted by molar-refractivity contribution is 7.52. The summed E-state index contributed by atoms with van der Waals surface area (Å²) < 4.78 is 12.4. The first kappa shape index (κ1) is 24.8. The second-order valence-corrected chi connectivity index (χ2v) is 10.9. The molecular formula is C20H44O2P2. The summed E-state index contributed by atoms with van der Waals surface area (Å²) >= 11 is 0. The van der Waals surface area contributed by atoms with E-state index in [9.17, 15) is 0 Å². The zero-order valence-electron chi connectivity index (χ0n) is 17.0. The highest BCUT2D eigenvalue weighted by Gasteiger charge is 2.09. The summed E-state index contributed by atoms with van der Waals surface area (Å²) in [6.07, 6.45) is 18.1. The molecule has 2 nitrogen and oxygen atoms in total. The fourth-order valence-corrected chi connectivity index (χ4v) is 6.83. The molecule has 0 amide bonds.